The zero-order valence-corrected chi connectivity index (χ0v) is 12.4. The summed E-state index contributed by atoms with van der Waals surface area (Å²) in [6.45, 7) is 4.39. The Balaban J connectivity index is 1.77. The fourth-order valence-electron chi connectivity index (χ4n) is 3.30. The monoisotopic (exact) mass is 286 g/mol. The molecule has 2 atom stereocenters. The van der Waals surface area contributed by atoms with Crippen molar-refractivity contribution in [1.82, 2.24) is 0 Å². The molecule has 116 valence electrons. The lowest BCUT2D eigenvalue weighted by molar-refractivity contribution is -0.153. The van der Waals surface area contributed by atoms with E-state index in [4.69, 9.17) is 14.6 Å². The average Bonchev–Trinajstić information content (AvgIpc) is 2.36. The molecule has 0 spiro atoms. The number of ether oxygens (including phenoxy) is 2. The first-order valence-electron chi connectivity index (χ1n) is 7.60. The highest BCUT2D eigenvalue weighted by Gasteiger charge is 2.37. The van der Waals surface area contributed by atoms with Gasteiger partial charge in [0.1, 0.15) is 0 Å². The minimum absolute atomic E-state index is 0.134. The maximum absolute atomic E-state index is 10.9. The van der Waals surface area contributed by atoms with E-state index in [-0.39, 0.29) is 24.2 Å². The van der Waals surface area contributed by atoms with E-state index in [9.17, 15) is 9.90 Å². The van der Waals surface area contributed by atoms with Gasteiger partial charge in [-0.05, 0) is 52.4 Å². The van der Waals surface area contributed by atoms with Crippen molar-refractivity contribution >= 4 is 5.97 Å². The van der Waals surface area contributed by atoms with Crippen molar-refractivity contribution in [2.24, 2.45) is 5.92 Å². The predicted molar refractivity (Wildman–Crippen MR) is 73.5 cm³/mol. The Bertz CT molecular complexity index is 325. The number of carbonyl (C=O) groups is 1. The molecule has 0 aromatic carbocycles. The van der Waals surface area contributed by atoms with E-state index in [1.54, 1.807) is 0 Å². The Morgan fingerprint density at radius 1 is 1.25 bits per heavy atom. The summed E-state index contributed by atoms with van der Waals surface area (Å²) in [4.78, 5) is 10.9. The van der Waals surface area contributed by atoms with Crippen LogP contribution in [0.4, 0.5) is 0 Å². The Hall–Kier alpha value is -0.650. The molecule has 2 rings (SSSR count). The van der Waals surface area contributed by atoms with Crippen LogP contribution in [0.2, 0.25) is 0 Å². The Labute approximate surface area is 120 Å². The first-order chi connectivity index (χ1) is 9.38. The van der Waals surface area contributed by atoms with Crippen LogP contribution in [0, 0.1) is 5.92 Å². The second-order valence-electron chi connectivity index (χ2n) is 6.50. The molecule has 0 aromatic heterocycles. The topological polar surface area (TPSA) is 76.0 Å². The summed E-state index contributed by atoms with van der Waals surface area (Å²) in [6.07, 6.45) is 4.34. The number of hydrogen-bond donors (Lipinski definition) is 2. The number of rotatable bonds is 4. The highest BCUT2D eigenvalue weighted by molar-refractivity contribution is 5.70. The highest BCUT2D eigenvalue weighted by atomic mass is 16.5. The third-order valence-corrected chi connectivity index (χ3v) is 4.51. The van der Waals surface area contributed by atoms with E-state index in [1.165, 1.54) is 0 Å². The molecule has 1 saturated heterocycles. The first-order valence-corrected chi connectivity index (χ1v) is 7.60. The zero-order valence-electron chi connectivity index (χ0n) is 12.4. The molecule has 1 aliphatic carbocycles. The van der Waals surface area contributed by atoms with E-state index in [1.807, 2.05) is 13.8 Å². The van der Waals surface area contributed by atoms with Crippen molar-refractivity contribution in [3.63, 3.8) is 0 Å². The molecule has 0 aromatic rings. The molecule has 0 radical (unpaired) electrons. The summed E-state index contributed by atoms with van der Waals surface area (Å²) < 4.78 is 11.6. The van der Waals surface area contributed by atoms with Crippen molar-refractivity contribution in [2.45, 2.75) is 76.3 Å². The molecular formula is C15H26O5. The maximum Gasteiger partial charge on any atom is 0.306 e. The molecule has 5 nitrogen and oxygen atoms in total. The Morgan fingerprint density at radius 2 is 1.80 bits per heavy atom. The minimum Gasteiger partial charge on any atom is -0.481 e. The van der Waals surface area contributed by atoms with Crippen LogP contribution in [-0.4, -0.2) is 46.7 Å². The highest BCUT2D eigenvalue weighted by Crippen LogP contribution is 2.33. The van der Waals surface area contributed by atoms with Gasteiger partial charge in [-0.2, -0.15) is 0 Å². The standard InChI is InChI=1S/C15H26O5/c1-10-7-13(8-11(2)20-10)19-9-15(18)5-3-12(4-6-15)14(16)17/h10-13,18H,3-9H2,1-2H3,(H,16,17). The second kappa shape index (κ2) is 6.41. The van der Waals surface area contributed by atoms with Gasteiger partial charge in [0.15, 0.2) is 0 Å². The SMILES string of the molecule is CC1CC(OCC2(O)CCC(C(=O)O)CC2)CC(C)O1. The summed E-state index contributed by atoms with van der Waals surface area (Å²) in [7, 11) is 0. The van der Waals surface area contributed by atoms with Gasteiger partial charge >= 0.3 is 5.97 Å². The Morgan fingerprint density at radius 3 is 2.30 bits per heavy atom. The first kappa shape index (κ1) is 15.7. The number of carboxylic acids is 1. The normalized spacial score (nSPS) is 42.4. The summed E-state index contributed by atoms with van der Waals surface area (Å²) >= 11 is 0. The lowest BCUT2D eigenvalue weighted by Crippen LogP contribution is -2.43. The van der Waals surface area contributed by atoms with Crippen LogP contribution in [0.1, 0.15) is 52.4 Å². The lowest BCUT2D eigenvalue weighted by Gasteiger charge is -2.37. The molecule has 0 amide bonds. The summed E-state index contributed by atoms with van der Waals surface area (Å²) in [6, 6.07) is 0. The Kier molecular flexibility index (Phi) is 5.04. The third kappa shape index (κ3) is 4.17. The van der Waals surface area contributed by atoms with Gasteiger partial charge in [0.2, 0.25) is 0 Å². The minimum atomic E-state index is -0.850. The van der Waals surface area contributed by atoms with Crippen LogP contribution in [-0.2, 0) is 14.3 Å². The second-order valence-corrected chi connectivity index (χ2v) is 6.50. The van der Waals surface area contributed by atoms with Crippen LogP contribution in [0.5, 0.6) is 0 Å². The number of carboxylic acid groups (broad SMARTS) is 1. The van der Waals surface area contributed by atoms with Gasteiger partial charge in [-0.25, -0.2) is 0 Å². The number of aliphatic hydroxyl groups is 1. The third-order valence-electron chi connectivity index (χ3n) is 4.51. The van der Waals surface area contributed by atoms with Gasteiger partial charge in [0.25, 0.3) is 0 Å². The van der Waals surface area contributed by atoms with Crippen LogP contribution in [0.3, 0.4) is 0 Å². The van der Waals surface area contributed by atoms with E-state index in [0.717, 1.165) is 12.8 Å². The fraction of sp³-hybridized carbons (Fsp3) is 0.933. The molecule has 0 bridgehead atoms. The van der Waals surface area contributed by atoms with Crippen molar-refractivity contribution in [3.8, 4) is 0 Å². The van der Waals surface area contributed by atoms with Crippen molar-refractivity contribution in [1.29, 1.82) is 0 Å². The van der Waals surface area contributed by atoms with Crippen LogP contribution in [0.15, 0.2) is 0 Å². The van der Waals surface area contributed by atoms with Crippen LogP contribution < -0.4 is 0 Å². The average molecular weight is 286 g/mol. The van der Waals surface area contributed by atoms with Gasteiger partial charge in [-0.3, -0.25) is 4.79 Å². The van der Waals surface area contributed by atoms with Gasteiger partial charge in [0.05, 0.1) is 36.4 Å². The van der Waals surface area contributed by atoms with Crippen LogP contribution >= 0.6 is 0 Å². The van der Waals surface area contributed by atoms with E-state index < -0.39 is 11.6 Å². The van der Waals surface area contributed by atoms with E-state index in [0.29, 0.717) is 32.3 Å². The molecule has 1 aliphatic heterocycles. The zero-order chi connectivity index (χ0) is 14.8. The summed E-state index contributed by atoms with van der Waals surface area (Å²) in [5.74, 6) is -1.06. The number of hydrogen-bond acceptors (Lipinski definition) is 4. The molecular weight excluding hydrogens is 260 g/mol. The van der Waals surface area contributed by atoms with Crippen molar-refractivity contribution in [2.75, 3.05) is 6.61 Å². The lowest BCUT2D eigenvalue weighted by atomic mass is 9.79. The van der Waals surface area contributed by atoms with Gasteiger partial charge < -0.3 is 19.7 Å². The van der Waals surface area contributed by atoms with Crippen molar-refractivity contribution < 1.29 is 24.5 Å². The van der Waals surface area contributed by atoms with Gasteiger partial charge in [-0.15, -0.1) is 0 Å². The molecule has 2 fully saturated rings. The van der Waals surface area contributed by atoms with Gasteiger partial charge in [-0.1, -0.05) is 0 Å². The molecule has 2 unspecified atom stereocenters. The van der Waals surface area contributed by atoms with Gasteiger partial charge in [0, 0.05) is 0 Å². The van der Waals surface area contributed by atoms with E-state index >= 15 is 0 Å². The molecule has 2 N–H and O–H groups in total. The predicted octanol–water partition coefficient (Wildman–Crippen LogP) is 1.96. The molecule has 1 saturated carbocycles. The molecule has 20 heavy (non-hydrogen) atoms. The van der Waals surface area contributed by atoms with E-state index in [2.05, 4.69) is 0 Å². The number of aliphatic carboxylic acids is 1. The smallest absolute Gasteiger partial charge is 0.306 e. The fourth-order valence-corrected chi connectivity index (χ4v) is 3.30. The summed E-state index contributed by atoms with van der Waals surface area (Å²) in [5.41, 5.74) is -0.850. The largest absolute Gasteiger partial charge is 0.481 e. The molecule has 2 aliphatic rings. The summed E-state index contributed by atoms with van der Waals surface area (Å²) in [5, 5.41) is 19.5. The maximum atomic E-state index is 10.9. The molecule has 1 heterocycles. The van der Waals surface area contributed by atoms with Crippen LogP contribution in [0.25, 0.3) is 0 Å². The quantitative estimate of drug-likeness (QED) is 0.826. The van der Waals surface area contributed by atoms with Crippen molar-refractivity contribution in [3.05, 3.63) is 0 Å². The molecule has 5 heteroatoms.